The summed E-state index contributed by atoms with van der Waals surface area (Å²) in [7, 11) is 0. The molecule has 0 saturated heterocycles. The number of carboxylic acid groups (broad SMARTS) is 1. The Labute approximate surface area is 120 Å². The Hall–Kier alpha value is -1.11. The lowest BCUT2D eigenvalue weighted by Crippen LogP contribution is -2.26. The number of halogens is 1. The number of carboxylic acids is 1. The Morgan fingerprint density at radius 2 is 1.67 bits per heavy atom. The van der Waals surface area contributed by atoms with Crippen molar-refractivity contribution < 1.29 is 19.4 Å². The maximum atomic E-state index is 11.6. The molecule has 0 radical (unpaired) electrons. The average Bonchev–Trinajstić information content (AvgIpc) is 2.31. The van der Waals surface area contributed by atoms with E-state index in [9.17, 15) is 9.59 Å². The van der Waals surface area contributed by atoms with E-state index in [-0.39, 0.29) is 6.10 Å². The highest BCUT2D eigenvalue weighted by Crippen LogP contribution is 2.18. The van der Waals surface area contributed by atoms with Crippen molar-refractivity contribution in [3.05, 3.63) is 35.9 Å². The van der Waals surface area contributed by atoms with E-state index in [1.807, 2.05) is 4.93 Å². The van der Waals surface area contributed by atoms with Crippen molar-refractivity contribution in [1.82, 2.24) is 0 Å². The van der Waals surface area contributed by atoms with Crippen LogP contribution in [0.15, 0.2) is 30.3 Å². The fourth-order valence-corrected chi connectivity index (χ4v) is 1.33. The summed E-state index contributed by atoms with van der Waals surface area (Å²) in [6.45, 7) is 3.36. The van der Waals surface area contributed by atoms with E-state index in [1.165, 1.54) is 0 Å². The molecule has 0 spiro atoms. The molecule has 18 heavy (non-hydrogen) atoms. The van der Waals surface area contributed by atoms with Crippen LogP contribution in [0, 0.1) is 0 Å². The minimum Gasteiger partial charge on any atom is -0.480 e. The minimum atomic E-state index is -1.25. The summed E-state index contributed by atoms with van der Waals surface area (Å²) >= 11 is 2.15. The van der Waals surface area contributed by atoms with Crippen molar-refractivity contribution in [2.45, 2.75) is 25.9 Å². The van der Waals surface area contributed by atoms with Crippen molar-refractivity contribution in [3.63, 3.8) is 0 Å². The van der Waals surface area contributed by atoms with E-state index in [2.05, 4.69) is 22.6 Å². The predicted molar refractivity (Wildman–Crippen MR) is 78.0 cm³/mol. The molecule has 1 aromatic rings. The first kappa shape index (κ1) is 16.9. The molecule has 1 N–H and O–H groups in total. The third-order valence-corrected chi connectivity index (χ3v) is 1.97. The Morgan fingerprint density at radius 3 is 2.06 bits per heavy atom. The molecule has 1 aromatic carbocycles. The first-order valence-electron chi connectivity index (χ1n) is 5.38. The number of carbonyl (C=O) groups excluding carboxylic acids is 1. The Bertz CT molecular complexity index is 376. The highest BCUT2D eigenvalue weighted by molar-refractivity contribution is 14.1. The number of hydrogen-bond donors (Lipinski definition) is 1. The molecule has 5 heteroatoms. The predicted octanol–water partition coefficient (Wildman–Crippen LogP) is 2.86. The Balaban J connectivity index is 0.00000137. The molecular formula is C13H17IO4. The number of benzene rings is 1. The van der Waals surface area contributed by atoms with E-state index < -0.39 is 17.9 Å². The van der Waals surface area contributed by atoms with Gasteiger partial charge in [-0.3, -0.25) is 9.59 Å². The maximum Gasteiger partial charge on any atom is 0.325 e. The molecule has 4 nitrogen and oxygen atoms in total. The van der Waals surface area contributed by atoms with Crippen LogP contribution in [0.5, 0.6) is 0 Å². The summed E-state index contributed by atoms with van der Waals surface area (Å²) < 4.78 is 4.91. The van der Waals surface area contributed by atoms with Gasteiger partial charge in [0.15, 0.2) is 5.92 Å². The van der Waals surface area contributed by atoms with E-state index in [0.717, 1.165) is 0 Å². The Morgan fingerprint density at radius 1 is 1.17 bits per heavy atom. The SMILES string of the molecule is CC(C)OC(=O)C(C(=O)O)c1ccccc1.CI. The second kappa shape index (κ2) is 8.91. The van der Waals surface area contributed by atoms with Gasteiger partial charge in [0.25, 0.3) is 0 Å². The zero-order chi connectivity index (χ0) is 14.1. The van der Waals surface area contributed by atoms with Crippen LogP contribution in [0.3, 0.4) is 0 Å². The van der Waals surface area contributed by atoms with Crippen LogP contribution >= 0.6 is 22.6 Å². The summed E-state index contributed by atoms with van der Waals surface area (Å²) in [5.74, 6) is -3.17. The number of carbonyl (C=O) groups is 2. The van der Waals surface area contributed by atoms with Crippen LogP contribution in [0.2, 0.25) is 0 Å². The number of esters is 1. The average molecular weight is 364 g/mol. The van der Waals surface area contributed by atoms with Crippen molar-refractivity contribution >= 4 is 34.5 Å². The molecule has 0 aromatic heterocycles. The van der Waals surface area contributed by atoms with Crippen molar-refractivity contribution in [2.75, 3.05) is 4.93 Å². The van der Waals surface area contributed by atoms with Gasteiger partial charge >= 0.3 is 11.9 Å². The topological polar surface area (TPSA) is 63.6 Å². The first-order chi connectivity index (χ1) is 8.52. The maximum absolute atomic E-state index is 11.6. The molecule has 1 atom stereocenters. The molecular weight excluding hydrogens is 347 g/mol. The normalized spacial score (nSPS) is 11.2. The van der Waals surface area contributed by atoms with E-state index in [1.54, 1.807) is 44.2 Å². The number of ether oxygens (including phenoxy) is 1. The van der Waals surface area contributed by atoms with Crippen molar-refractivity contribution in [2.24, 2.45) is 0 Å². The zero-order valence-electron chi connectivity index (χ0n) is 10.6. The van der Waals surface area contributed by atoms with Gasteiger partial charge in [-0.05, 0) is 24.3 Å². The summed E-state index contributed by atoms with van der Waals surface area (Å²) in [6, 6.07) is 8.33. The molecule has 100 valence electrons. The van der Waals surface area contributed by atoms with Crippen LogP contribution in [-0.4, -0.2) is 28.1 Å². The van der Waals surface area contributed by atoms with Gasteiger partial charge in [0.05, 0.1) is 6.10 Å². The summed E-state index contributed by atoms with van der Waals surface area (Å²) in [5, 5.41) is 9.01. The van der Waals surface area contributed by atoms with Crippen LogP contribution in [0.1, 0.15) is 25.3 Å². The third-order valence-electron chi connectivity index (χ3n) is 1.97. The van der Waals surface area contributed by atoms with Crippen LogP contribution in [0.4, 0.5) is 0 Å². The standard InChI is InChI=1S/C12H14O4.CH3I/c1-8(2)16-12(15)10(11(13)14)9-6-4-3-5-7-9;1-2/h3-8,10H,1-2H3,(H,13,14);1H3. The van der Waals surface area contributed by atoms with Gasteiger partial charge in [-0.15, -0.1) is 0 Å². The molecule has 0 bridgehead atoms. The van der Waals surface area contributed by atoms with E-state index in [0.29, 0.717) is 5.56 Å². The highest BCUT2D eigenvalue weighted by atomic mass is 127. The van der Waals surface area contributed by atoms with Gasteiger partial charge in [-0.2, -0.15) is 0 Å². The summed E-state index contributed by atoms with van der Waals surface area (Å²) in [4.78, 5) is 24.6. The summed E-state index contributed by atoms with van der Waals surface area (Å²) in [5.41, 5.74) is 0.431. The van der Waals surface area contributed by atoms with Gasteiger partial charge in [0.1, 0.15) is 0 Å². The second-order valence-corrected chi connectivity index (χ2v) is 3.67. The highest BCUT2D eigenvalue weighted by Gasteiger charge is 2.30. The zero-order valence-corrected chi connectivity index (χ0v) is 12.7. The second-order valence-electron chi connectivity index (χ2n) is 3.67. The van der Waals surface area contributed by atoms with E-state index in [4.69, 9.17) is 9.84 Å². The lowest BCUT2D eigenvalue weighted by molar-refractivity contribution is -0.156. The molecule has 0 heterocycles. The van der Waals surface area contributed by atoms with Gasteiger partial charge < -0.3 is 9.84 Å². The van der Waals surface area contributed by atoms with Gasteiger partial charge in [0.2, 0.25) is 0 Å². The minimum absolute atomic E-state index is 0.321. The lowest BCUT2D eigenvalue weighted by Gasteiger charge is -2.14. The molecule has 0 aliphatic rings. The van der Waals surface area contributed by atoms with Crippen molar-refractivity contribution in [3.8, 4) is 0 Å². The number of rotatable bonds is 4. The van der Waals surface area contributed by atoms with Crippen LogP contribution < -0.4 is 0 Å². The third kappa shape index (κ3) is 5.48. The number of alkyl halides is 1. The largest absolute Gasteiger partial charge is 0.480 e. The van der Waals surface area contributed by atoms with E-state index >= 15 is 0 Å². The monoisotopic (exact) mass is 364 g/mol. The fraction of sp³-hybridized carbons (Fsp3) is 0.385. The summed E-state index contributed by atoms with van der Waals surface area (Å²) in [6.07, 6.45) is -0.321. The van der Waals surface area contributed by atoms with Gasteiger partial charge in [-0.1, -0.05) is 52.9 Å². The van der Waals surface area contributed by atoms with Crippen LogP contribution in [0.25, 0.3) is 0 Å². The molecule has 1 rings (SSSR count). The lowest BCUT2D eigenvalue weighted by atomic mass is 10.00. The molecule has 0 aliphatic heterocycles. The molecule has 0 saturated carbocycles. The number of hydrogen-bond acceptors (Lipinski definition) is 3. The fourth-order valence-electron chi connectivity index (χ4n) is 1.33. The number of aliphatic carboxylic acids is 1. The smallest absolute Gasteiger partial charge is 0.325 e. The van der Waals surface area contributed by atoms with Gasteiger partial charge in [0, 0.05) is 0 Å². The van der Waals surface area contributed by atoms with Gasteiger partial charge in [-0.25, -0.2) is 0 Å². The molecule has 0 fully saturated rings. The Kier molecular flexibility index (Phi) is 8.36. The molecule has 0 aliphatic carbocycles. The molecule has 1 unspecified atom stereocenters. The quantitative estimate of drug-likeness (QED) is 0.386. The van der Waals surface area contributed by atoms with Crippen molar-refractivity contribution in [1.29, 1.82) is 0 Å². The van der Waals surface area contributed by atoms with Crippen LogP contribution in [-0.2, 0) is 14.3 Å². The first-order valence-corrected chi connectivity index (χ1v) is 7.54. The molecule has 0 amide bonds.